The van der Waals surface area contributed by atoms with Gasteiger partial charge in [0.2, 0.25) is 0 Å². The molecule has 0 aromatic carbocycles. The molecule has 0 saturated carbocycles. The molecule has 1 aliphatic rings. The van der Waals surface area contributed by atoms with Gasteiger partial charge < -0.3 is 10.2 Å². The van der Waals surface area contributed by atoms with Crippen LogP contribution in [0.2, 0.25) is 0 Å². The molecule has 0 spiro atoms. The maximum Gasteiger partial charge on any atom is 0.174 e. The van der Waals surface area contributed by atoms with Crippen LogP contribution in [0.3, 0.4) is 0 Å². The first-order chi connectivity index (χ1) is 13.2. The third kappa shape index (κ3) is 4.07. The third-order valence-corrected chi connectivity index (χ3v) is 5.06. The molecule has 7 heteroatoms. The summed E-state index contributed by atoms with van der Waals surface area (Å²) in [6.07, 6.45) is 9.58. The van der Waals surface area contributed by atoms with Crippen molar-refractivity contribution >= 4 is 11.5 Å². The van der Waals surface area contributed by atoms with Gasteiger partial charge in [0.25, 0.3) is 0 Å². The molecule has 0 radical (unpaired) electrons. The quantitative estimate of drug-likeness (QED) is 0.751. The van der Waals surface area contributed by atoms with E-state index in [0.29, 0.717) is 5.92 Å². The molecule has 4 rings (SSSR count). The first kappa shape index (κ1) is 17.5. The van der Waals surface area contributed by atoms with E-state index in [-0.39, 0.29) is 0 Å². The molecule has 4 heterocycles. The second-order valence-corrected chi connectivity index (χ2v) is 7.12. The van der Waals surface area contributed by atoms with Crippen LogP contribution in [0.5, 0.6) is 0 Å². The van der Waals surface area contributed by atoms with Gasteiger partial charge >= 0.3 is 0 Å². The van der Waals surface area contributed by atoms with Crippen LogP contribution in [0.15, 0.2) is 43.0 Å². The average molecular weight is 363 g/mol. The first-order valence-electron chi connectivity index (χ1n) is 9.43. The Hall–Kier alpha value is -2.96. The molecule has 1 N–H and O–H groups in total. The van der Waals surface area contributed by atoms with Crippen LogP contribution in [-0.4, -0.2) is 44.4 Å². The van der Waals surface area contributed by atoms with Crippen LogP contribution in [0.25, 0.3) is 5.82 Å². The van der Waals surface area contributed by atoms with Crippen molar-refractivity contribution in [2.45, 2.75) is 26.7 Å². The highest BCUT2D eigenvalue weighted by molar-refractivity contribution is 5.45. The van der Waals surface area contributed by atoms with Crippen molar-refractivity contribution in [1.82, 2.24) is 24.7 Å². The molecular formula is C20H25N7. The number of piperidine rings is 1. The van der Waals surface area contributed by atoms with Crippen molar-refractivity contribution < 1.29 is 0 Å². The normalized spacial score (nSPS) is 15.1. The van der Waals surface area contributed by atoms with Gasteiger partial charge in [0.05, 0.1) is 18.1 Å². The molecule has 0 atom stereocenters. The van der Waals surface area contributed by atoms with Crippen LogP contribution in [0, 0.1) is 19.8 Å². The maximum absolute atomic E-state index is 4.67. The molecule has 1 aliphatic heterocycles. The number of anilines is 2. The summed E-state index contributed by atoms with van der Waals surface area (Å²) >= 11 is 0. The highest BCUT2D eigenvalue weighted by Crippen LogP contribution is 2.23. The largest absolute Gasteiger partial charge is 0.371 e. The molecular weight excluding hydrogens is 338 g/mol. The summed E-state index contributed by atoms with van der Waals surface area (Å²) in [5, 5.41) is 7.95. The van der Waals surface area contributed by atoms with Crippen LogP contribution in [0.4, 0.5) is 11.5 Å². The van der Waals surface area contributed by atoms with Crippen molar-refractivity contribution in [1.29, 1.82) is 0 Å². The highest BCUT2D eigenvalue weighted by Gasteiger charge is 2.19. The van der Waals surface area contributed by atoms with Crippen LogP contribution < -0.4 is 10.2 Å². The van der Waals surface area contributed by atoms with E-state index in [1.165, 1.54) is 18.5 Å². The fourth-order valence-electron chi connectivity index (χ4n) is 3.60. The summed E-state index contributed by atoms with van der Waals surface area (Å²) < 4.78 is 1.83. The Balaban J connectivity index is 1.33. The van der Waals surface area contributed by atoms with Crippen molar-refractivity contribution in [2.24, 2.45) is 5.92 Å². The number of hydrogen-bond donors (Lipinski definition) is 1. The Morgan fingerprint density at radius 2 is 1.85 bits per heavy atom. The van der Waals surface area contributed by atoms with Gasteiger partial charge in [-0.2, -0.15) is 5.10 Å². The predicted molar refractivity (Wildman–Crippen MR) is 106 cm³/mol. The number of aryl methyl sites for hydroxylation is 2. The van der Waals surface area contributed by atoms with Gasteiger partial charge in [0.1, 0.15) is 5.82 Å². The molecule has 27 heavy (non-hydrogen) atoms. The molecule has 0 aliphatic carbocycles. The van der Waals surface area contributed by atoms with E-state index in [4.69, 9.17) is 0 Å². The lowest BCUT2D eigenvalue weighted by atomic mass is 9.96. The Kier molecular flexibility index (Phi) is 5.00. The average Bonchev–Trinajstić information content (AvgIpc) is 3.06. The standard InChI is InChI=1S/C20H25N7/c1-15-11-16(2)27(25-15)20-14-22-13-19(24-20)23-12-17-5-9-26(10-6-17)18-3-7-21-8-4-18/h3-4,7-8,11,13-14,17H,5-6,9-10,12H2,1-2H3,(H,23,24). The van der Waals surface area contributed by atoms with E-state index in [2.05, 4.69) is 42.4 Å². The van der Waals surface area contributed by atoms with E-state index >= 15 is 0 Å². The number of pyridine rings is 1. The molecule has 1 saturated heterocycles. The Morgan fingerprint density at radius 1 is 1.07 bits per heavy atom. The summed E-state index contributed by atoms with van der Waals surface area (Å²) in [4.78, 5) is 15.5. The predicted octanol–water partition coefficient (Wildman–Crippen LogP) is 3.00. The Bertz CT molecular complexity index is 882. The van der Waals surface area contributed by atoms with E-state index in [1.807, 2.05) is 37.0 Å². The van der Waals surface area contributed by atoms with Crippen molar-refractivity contribution in [3.05, 3.63) is 54.4 Å². The van der Waals surface area contributed by atoms with E-state index in [0.717, 1.165) is 42.7 Å². The molecule has 0 unspecified atom stereocenters. The van der Waals surface area contributed by atoms with E-state index in [9.17, 15) is 0 Å². The van der Waals surface area contributed by atoms with Crippen LogP contribution in [-0.2, 0) is 0 Å². The number of rotatable bonds is 5. The van der Waals surface area contributed by atoms with Gasteiger partial charge in [-0.05, 0) is 50.8 Å². The van der Waals surface area contributed by atoms with Crippen molar-refractivity contribution in [3.63, 3.8) is 0 Å². The SMILES string of the molecule is Cc1cc(C)n(-c2cncc(NCC3CCN(c4ccncc4)CC3)n2)n1. The number of nitrogens with one attached hydrogen (secondary N) is 1. The zero-order chi connectivity index (χ0) is 18.6. The highest BCUT2D eigenvalue weighted by atomic mass is 15.3. The molecule has 7 nitrogen and oxygen atoms in total. The number of hydrogen-bond acceptors (Lipinski definition) is 6. The van der Waals surface area contributed by atoms with E-state index < -0.39 is 0 Å². The zero-order valence-corrected chi connectivity index (χ0v) is 15.8. The minimum absolute atomic E-state index is 0.641. The lowest BCUT2D eigenvalue weighted by molar-refractivity contribution is 0.423. The molecule has 1 fully saturated rings. The summed E-state index contributed by atoms with van der Waals surface area (Å²) in [6.45, 7) is 7.08. The minimum atomic E-state index is 0.641. The van der Waals surface area contributed by atoms with Gasteiger partial charge in [-0.25, -0.2) is 9.67 Å². The first-order valence-corrected chi connectivity index (χ1v) is 9.43. The summed E-state index contributed by atoms with van der Waals surface area (Å²) in [7, 11) is 0. The molecule has 140 valence electrons. The molecule has 3 aromatic heterocycles. The summed E-state index contributed by atoms with van der Waals surface area (Å²) in [5.74, 6) is 2.19. The van der Waals surface area contributed by atoms with E-state index in [1.54, 1.807) is 12.4 Å². The fourth-order valence-corrected chi connectivity index (χ4v) is 3.60. The Morgan fingerprint density at radius 3 is 2.56 bits per heavy atom. The van der Waals surface area contributed by atoms with Gasteiger partial charge in [-0.15, -0.1) is 0 Å². The fraction of sp³-hybridized carbons (Fsp3) is 0.400. The van der Waals surface area contributed by atoms with Crippen LogP contribution in [0.1, 0.15) is 24.2 Å². The smallest absolute Gasteiger partial charge is 0.174 e. The monoisotopic (exact) mass is 363 g/mol. The second kappa shape index (κ2) is 7.73. The summed E-state index contributed by atoms with van der Waals surface area (Å²) in [5.41, 5.74) is 3.30. The lowest BCUT2D eigenvalue weighted by Crippen LogP contribution is -2.35. The molecule has 0 bridgehead atoms. The lowest BCUT2D eigenvalue weighted by Gasteiger charge is -2.33. The van der Waals surface area contributed by atoms with Gasteiger partial charge in [-0.1, -0.05) is 0 Å². The zero-order valence-electron chi connectivity index (χ0n) is 15.8. The molecule has 3 aromatic rings. The topological polar surface area (TPSA) is 71.8 Å². The van der Waals surface area contributed by atoms with Gasteiger partial charge in [0.15, 0.2) is 5.82 Å². The van der Waals surface area contributed by atoms with Crippen molar-refractivity contribution in [3.8, 4) is 5.82 Å². The van der Waals surface area contributed by atoms with Crippen molar-refractivity contribution in [2.75, 3.05) is 29.9 Å². The maximum atomic E-state index is 4.67. The third-order valence-electron chi connectivity index (χ3n) is 5.06. The number of aromatic nitrogens is 5. The second-order valence-electron chi connectivity index (χ2n) is 7.12. The van der Waals surface area contributed by atoms with Crippen LogP contribution >= 0.6 is 0 Å². The van der Waals surface area contributed by atoms with Gasteiger partial charge in [-0.3, -0.25) is 9.97 Å². The Labute approximate surface area is 159 Å². The number of nitrogens with zero attached hydrogens (tertiary/aromatic N) is 6. The summed E-state index contributed by atoms with van der Waals surface area (Å²) in [6, 6.07) is 6.20. The van der Waals surface area contributed by atoms with Gasteiger partial charge in [0, 0.05) is 43.4 Å². The minimum Gasteiger partial charge on any atom is -0.371 e. The molecule has 0 amide bonds.